The van der Waals surface area contributed by atoms with Gasteiger partial charge in [0.25, 0.3) is 0 Å². The summed E-state index contributed by atoms with van der Waals surface area (Å²) < 4.78 is 25.9. The fourth-order valence-corrected chi connectivity index (χ4v) is 4.43. The number of aryl methyl sites for hydroxylation is 1. The maximum absolute atomic E-state index is 12.9. The second-order valence-electron chi connectivity index (χ2n) is 6.61. The molecule has 0 saturated carbocycles. The van der Waals surface area contributed by atoms with E-state index in [2.05, 4.69) is 0 Å². The lowest BCUT2D eigenvalue weighted by Gasteiger charge is -2.25. The van der Waals surface area contributed by atoms with Gasteiger partial charge in [-0.25, -0.2) is 8.42 Å². The Morgan fingerprint density at radius 3 is 2.00 bits per heavy atom. The van der Waals surface area contributed by atoms with Gasteiger partial charge in [-0.2, -0.15) is 0 Å². The van der Waals surface area contributed by atoms with Crippen LogP contribution in [0.25, 0.3) is 6.08 Å². The molecule has 0 spiro atoms. The second kappa shape index (κ2) is 7.91. The SMILES string of the molecule is Cc1ccc(S(=O)(=O)CC(O)(C=Cc2ccccc2)c2ccccc2)cc1. The molecule has 1 N–H and O–H groups in total. The van der Waals surface area contributed by atoms with Gasteiger partial charge in [0.15, 0.2) is 9.84 Å². The minimum absolute atomic E-state index is 0.204. The molecule has 3 aromatic carbocycles. The van der Waals surface area contributed by atoms with E-state index in [0.29, 0.717) is 5.56 Å². The molecule has 0 aliphatic heterocycles. The van der Waals surface area contributed by atoms with Crippen molar-refractivity contribution in [3.63, 3.8) is 0 Å². The third kappa shape index (κ3) is 4.73. The summed E-state index contributed by atoms with van der Waals surface area (Å²) in [6, 6.07) is 25.0. The molecule has 138 valence electrons. The number of sulfone groups is 1. The van der Waals surface area contributed by atoms with Crippen LogP contribution in [-0.2, 0) is 15.4 Å². The molecular formula is C23H22O3S. The van der Waals surface area contributed by atoms with Gasteiger partial charge in [0, 0.05) is 0 Å². The molecule has 0 aliphatic rings. The van der Waals surface area contributed by atoms with Gasteiger partial charge in [-0.3, -0.25) is 0 Å². The average Bonchev–Trinajstić information content (AvgIpc) is 2.68. The van der Waals surface area contributed by atoms with Crippen LogP contribution < -0.4 is 0 Å². The average molecular weight is 378 g/mol. The van der Waals surface area contributed by atoms with E-state index in [-0.39, 0.29) is 4.90 Å². The Morgan fingerprint density at radius 2 is 1.41 bits per heavy atom. The van der Waals surface area contributed by atoms with Crippen molar-refractivity contribution in [3.05, 3.63) is 108 Å². The van der Waals surface area contributed by atoms with Gasteiger partial charge in [-0.05, 0) is 36.3 Å². The lowest BCUT2D eigenvalue weighted by atomic mass is 9.94. The molecule has 3 nitrogen and oxygen atoms in total. The van der Waals surface area contributed by atoms with Crippen molar-refractivity contribution in [2.24, 2.45) is 0 Å². The monoisotopic (exact) mass is 378 g/mol. The number of hydrogen-bond donors (Lipinski definition) is 1. The lowest BCUT2D eigenvalue weighted by Crippen LogP contribution is -2.32. The van der Waals surface area contributed by atoms with Gasteiger partial charge in [0.05, 0.1) is 10.6 Å². The number of rotatable bonds is 6. The lowest BCUT2D eigenvalue weighted by molar-refractivity contribution is 0.115. The third-order valence-corrected chi connectivity index (χ3v) is 6.23. The first-order chi connectivity index (χ1) is 12.9. The van der Waals surface area contributed by atoms with Gasteiger partial charge in [0.2, 0.25) is 0 Å². The van der Waals surface area contributed by atoms with Crippen molar-refractivity contribution in [3.8, 4) is 0 Å². The zero-order chi connectivity index (χ0) is 19.3. The van der Waals surface area contributed by atoms with Crippen molar-refractivity contribution in [2.45, 2.75) is 17.4 Å². The van der Waals surface area contributed by atoms with Crippen LogP contribution in [0.5, 0.6) is 0 Å². The fourth-order valence-electron chi connectivity index (χ4n) is 2.87. The molecule has 27 heavy (non-hydrogen) atoms. The largest absolute Gasteiger partial charge is 0.380 e. The minimum atomic E-state index is -3.69. The topological polar surface area (TPSA) is 54.4 Å². The van der Waals surface area contributed by atoms with Crippen molar-refractivity contribution in [1.82, 2.24) is 0 Å². The van der Waals surface area contributed by atoms with Crippen molar-refractivity contribution < 1.29 is 13.5 Å². The Morgan fingerprint density at radius 1 is 0.852 bits per heavy atom. The van der Waals surface area contributed by atoms with Crippen LogP contribution >= 0.6 is 0 Å². The molecule has 0 heterocycles. The standard InChI is InChI=1S/C23H22O3S/c1-19-12-14-22(15-13-19)27(25,26)18-23(24,21-10-6-3-7-11-21)17-16-20-8-4-2-5-9-20/h2-17,24H,18H2,1H3. The molecule has 0 amide bonds. The van der Waals surface area contributed by atoms with E-state index < -0.39 is 21.2 Å². The Hall–Kier alpha value is -2.69. The molecule has 4 heteroatoms. The van der Waals surface area contributed by atoms with Crippen molar-refractivity contribution >= 4 is 15.9 Å². The first-order valence-electron chi connectivity index (χ1n) is 8.71. The van der Waals surface area contributed by atoms with Gasteiger partial charge in [0.1, 0.15) is 5.60 Å². The number of hydrogen-bond acceptors (Lipinski definition) is 3. The predicted octanol–water partition coefficient (Wildman–Crippen LogP) is 4.37. The summed E-state index contributed by atoms with van der Waals surface area (Å²) in [5.74, 6) is -0.434. The van der Waals surface area contributed by atoms with E-state index in [4.69, 9.17) is 0 Å². The quantitative estimate of drug-likeness (QED) is 0.693. The molecule has 0 aromatic heterocycles. The fraction of sp³-hybridized carbons (Fsp3) is 0.130. The smallest absolute Gasteiger partial charge is 0.181 e. The Kier molecular flexibility index (Phi) is 5.59. The predicted molar refractivity (Wildman–Crippen MR) is 109 cm³/mol. The summed E-state index contributed by atoms with van der Waals surface area (Å²) in [6.07, 6.45) is 3.31. The van der Waals surface area contributed by atoms with E-state index in [9.17, 15) is 13.5 Å². The molecule has 3 rings (SSSR count). The third-order valence-electron chi connectivity index (χ3n) is 4.41. The summed E-state index contributed by atoms with van der Waals surface area (Å²) in [7, 11) is -3.69. The zero-order valence-electron chi connectivity index (χ0n) is 15.1. The van der Waals surface area contributed by atoms with Gasteiger partial charge in [-0.1, -0.05) is 84.4 Å². The van der Waals surface area contributed by atoms with E-state index in [1.165, 1.54) is 0 Å². The van der Waals surface area contributed by atoms with Crippen LogP contribution in [0, 0.1) is 6.92 Å². The van der Waals surface area contributed by atoms with Crippen molar-refractivity contribution in [1.29, 1.82) is 0 Å². The van der Waals surface area contributed by atoms with E-state index in [1.54, 1.807) is 60.7 Å². The Labute approximate surface area is 160 Å². The Bertz CT molecular complexity index is 1010. The van der Waals surface area contributed by atoms with Gasteiger partial charge < -0.3 is 5.11 Å². The molecular weight excluding hydrogens is 356 g/mol. The second-order valence-corrected chi connectivity index (χ2v) is 8.60. The minimum Gasteiger partial charge on any atom is -0.380 e. The molecule has 0 fully saturated rings. The van der Waals surface area contributed by atoms with E-state index in [0.717, 1.165) is 11.1 Å². The highest BCUT2D eigenvalue weighted by Gasteiger charge is 2.33. The number of benzene rings is 3. The van der Waals surface area contributed by atoms with E-state index in [1.807, 2.05) is 43.3 Å². The maximum atomic E-state index is 12.9. The summed E-state index contributed by atoms with van der Waals surface area (Å²) in [5.41, 5.74) is 0.768. The number of aliphatic hydroxyl groups is 1. The van der Waals surface area contributed by atoms with Crippen LogP contribution in [-0.4, -0.2) is 19.3 Å². The molecule has 0 bridgehead atoms. The van der Waals surface area contributed by atoms with Crippen LogP contribution in [0.15, 0.2) is 95.9 Å². The molecule has 0 aliphatic carbocycles. The summed E-state index contributed by atoms with van der Waals surface area (Å²) in [4.78, 5) is 0.204. The summed E-state index contributed by atoms with van der Waals surface area (Å²) in [6.45, 7) is 1.90. The first-order valence-corrected chi connectivity index (χ1v) is 10.4. The normalized spacial score (nSPS) is 14.1. The molecule has 0 saturated heterocycles. The van der Waals surface area contributed by atoms with Crippen LogP contribution in [0.1, 0.15) is 16.7 Å². The van der Waals surface area contributed by atoms with Crippen LogP contribution in [0.4, 0.5) is 0 Å². The summed E-state index contributed by atoms with van der Waals surface area (Å²) >= 11 is 0. The van der Waals surface area contributed by atoms with Gasteiger partial charge in [-0.15, -0.1) is 0 Å². The highest BCUT2D eigenvalue weighted by Crippen LogP contribution is 2.28. The molecule has 1 atom stereocenters. The van der Waals surface area contributed by atoms with Crippen LogP contribution in [0.3, 0.4) is 0 Å². The molecule has 3 aromatic rings. The Balaban J connectivity index is 2.00. The highest BCUT2D eigenvalue weighted by atomic mass is 32.2. The van der Waals surface area contributed by atoms with Crippen molar-refractivity contribution in [2.75, 3.05) is 5.75 Å². The van der Waals surface area contributed by atoms with Crippen LogP contribution in [0.2, 0.25) is 0 Å². The van der Waals surface area contributed by atoms with Gasteiger partial charge >= 0.3 is 0 Å². The maximum Gasteiger partial charge on any atom is 0.181 e. The summed E-state index contributed by atoms with van der Waals surface area (Å²) in [5, 5.41) is 11.3. The molecule has 1 unspecified atom stereocenters. The first kappa shape index (κ1) is 19.1. The zero-order valence-corrected chi connectivity index (χ0v) is 15.9. The molecule has 0 radical (unpaired) electrons. The highest BCUT2D eigenvalue weighted by molar-refractivity contribution is 7.91. The van der Waals surface area contributed by atoms with E-state index >= 15 is 0 Å².